The lowest BCUT2D eigenvalue weighted by atomic mass is 9.78. The van der Waals surface area contributed by atoms with Gasteiger partial charge >= 0.3 is 0 Å². The van der Waals surface area contributed by atoms with Crippen LogP contribution < -0.4 is 15.0 Å². The van der Waals surface area contributed by atoms with E-state index in [1.807, 2.05) is 55.1 Å². The van der Waals surface area contributed by atoms with Crippen molar-refractivity contribution in [3.8, 4) is 5.75 Å². The van der Waals surface area contributed by atoms with Gasteiger partial charge in [0.1, 0.15) is 11.7 Å². The molecule has 2 aliphatic rings. The number of halogens is 1. The van der Waals surface area contributed by atoms with Crippen molar-refractivity contribution in [2.24, 2.45) is 5.92 Å². The van der Waals surface area contributed by atoms with Gasteiger partial charge in [0.15, 0.2) is 10.8 Å². The van der Waals surface area contributed by atoms with Gasteiger partial charge in [-0.3, -0.25) is 9.69 Å². The fraction of sp³-hybridized carbons (Fsp3) is 0.333. The third-order valence-corrected chi connectivity index (χ3v) is 6.22. The number of anilines is 1. The Morgan fingerprint density at radius 1 is 1.29 bits per heavy atom. The number of nitrogens with zero attached hydrogens (tertiary/aromatic N) is 2. The fourth-order valence-electron chi connectivity index (χ4n) is 4.16. The summed E-state index contributed by atoms with van der Waals surface area (Å²) in [5, 5.41) is 3.97. The summed E-state index contributed by atoms with van der Waals surface area (Å²) < 4.78 is 7.47. The van der Waals surface area contributed by atoms with Gasteiger partial charge in [-0.15, -0.1) is 0 Å². The zero-order chi connectivity index (χ0) is 20.2. The highest BCUT2D eigenvalue weighted by Crippen LogP contribution is 2.50. The number of nitrogens with one attached hydrogen (secondary N) is 1. The maximum atomic E-state index is 13.3. The molecule has 146 valence electrons. The average Bonchev–Trinajstić information content (AvgIpc) is 2.61. The van der Waals surface area contributed by atoms with Gasteiger partial charge in [0.2, 0.25) is 5.91 Å². The number of rotatable bonds is 2. The minimum Gasteiger partial charge on any atom is -0.467 e. The Bertz CT molecular complexity index is 980. The maximum Gasteiger partial charge on any atom is 0.233 e. The molecule has 4 rings (SSSR count). The molecule has 5 nitrogen and oxygen atoms in total. The van der Waals surface area contributed by atoms with Gasteiger partial charge in [0.05, 0.1) is 6.04 Å². The first-order chi connectivity index (χ1) is 13.2. The van der Waals surface area contributed by atoms with Crippen LogP contribution in [-0.4, -0.2) is 35.7 Å². The highest BCUT2D eigenvalue weighted by atomic mass is 79.9. The lowest BCUT2D eigenvalue weighted by molar-refractivity contribution is -0.144. The van der Waals surface area contributed by atoms with Crippen LogP contribution in [0.4, 0.5) is 5.69 Å². The number of benzene rings is 2. The first-order valence-electron chi connectivity index (χ1n) is 9.09. The minimum atomic E-state index is -0.961. The van der Waals surface area contributed by atoms with Gasteiger partial charge in [-0.25, -0.2) is 0 Å². The van der Waals surface area contributed by atoms with Crippen LogP contribution in [-0.2, 0) is 4.79 Å². The van der Waals surface area contributed by atoms with Gasteiger partial charge in [0.25, 0.3) is 0 Å². The predicted molar refractivity (Wildman–Crippen MR) is 117 cm³/mol. The second-order valence-electron chi connectivity index (χ2n) is 7.65. The summed E-state index contributed by atoms with van der Waals surface area (Å²) >= 11 is 9.27. The largest absolute Gasteiger partial charge is 0.467 e. The van der Waals surface area contributed by atoms with E-state index in [-0.39, 0.29) is 11.9 Å². The molecule has 2 heterocycles. The Balaban J connectivity index is 1.93. The van der Waals surface area contributed by atoms with Gasteiger partial charge in [0, 0.05) is 29.8 Å². The topological polar surface area (TPSA) is 44.8 Å². The SMILES string of the molecule is Cc1ccc2c(c1)C1NC(=S)N(c3cccc(Br)c3)C(C)(O2)C1C(=O)N(C)C. The molecule has 3 unspecified atom stereocenters. The van der Waals surface area contributed by atoms with Crippen molar-refractivity contribution in [3.63, 3.8) is 0 Å². The van der Waals surface area contributed by atoms with Crippen LogP contribution in [0.15, 0.2) is 46.9 Å². The highest BCUT2D eigenvalue weighted by molar-refractivity contribution is 9.10. The number of carbonyl (C=O) groups is 1. The van der Waals surface area contributed by atoms with E-state index >= 15 is 0 Å². The Kier molecular flexibility index (Phi) is 4.62. The smallest absolute Gasteiger partial charge is 0.233 e. The molecular formula is C21H22BrN3O2S. The molecule has 0 saturated carbocycles. The van der Waals surface area contributed by atoms with Crippen LogP contribution in [0.1, 0.15) is 24.1 Å². The Hall–Kier alpha value is -2.12. The van der Waals surface area contributed by atoms with E-state index in [1.165, 1.54) is 0 Å². The molecule has 2 aromatic carbocycles. The summed E-state index contributed by atoms with van der Waals surface area (Å²) in [6, 6.07) is 13.7. The molecule has 3 atom stereocenters. The fourth-order valence-corrected chi connectivity index (χ4v) is 4.96. The zero-order valence-corrected chi connectivity index (χ0v) is 18.6. The summed E-state index contributed by atoms with van der Waals surface area (Å²) in [5.41, 5.74) is 1.98. The van der Waals surface area contributed by atoms with Crippen molar-refractivity contribution in [2.75, 3.05) is 19.0 Å². The van der Waals surface area contributed by atoms with E-state index in [2.05, 4.69) is 27.3 Å². The molecule has 1 fully saturated rings. The predicted octanol–water partition coefficient (Wildman–Crippen LogP) is 4.01. The summed E-state index contributed by atoms with van der Waals surface area (Å²) in [7, 11) is 3.55. The van der Waals surface area contributed by atoms with E-state index in [0.29, 0.717) is 5.11 Å². The second kappa shape index (κ2) is 6.74. The molecule has 1 amide bonds. The second-order valence-corrected chi connectivity index (χ2v) is 8.95. The molecule has 1 saturated heterocycles. The monoisotopic (exact) mass is 459 g/mol. The van der Waals surface area contributed by atoms with Crippen LogP contribution in [0.25, 0.3) is 0 Å². The number of amides is 1. The molecule has 0 spiro atoms. The third kappa shape index (κ3) is 2.88. The first-order valence-corrected chi connectivity index (χ1v) is 10.3. The molecule has 0 radical (unpaired) electrons. The number of thiocarbonyl (C=S) groups is 1. The van der Waals surface area contributed by atoms with Gasteiger partial charge < -0.3 is 15.0 Å². The first kappa shape index (κ1) is 19.2. The van der Waals surface area contributed by atoms with Crippen molar-refractivity contribution >= 4 is 44.9 Å². The number of aryl methyl sites for hydroxylation is 1. The minimum absolute atomic E-state index is 0.00495. The maximum absolute atomic E-state index is 13.3. The zero-order valence-electron chi connectivity index (χ0n) is 16.2. The molecule has 1 N–H and O–H groups in total. The molecule has 0 aromatic heterocycles. The molecule has 2 aromatic rings. The molecule has 7 heteroatoms. The van der Waals surface area contributed by atoms with E-state index in [4.69, 9.17) is 17.0 Å². The van der Waals surface area contributed by atoms with E-state index in [1.54, 1.807) is 19.0 Å². The standard InChI is InChI=1S/C21H22BrN3O2S/c1-12-8-9-16-15(10-12)18-17(19(26)24(3)4)21(2,27-16)25(20(28)23-18)14-7-5-6-13(22)11-14/h5-11,17-18H,1-4H3,(H,23,28). The van der Waals surface area contributed by atoms with Crippen molar-refractivity contribution in [2.45, 2.75) is 25.6 Å². The summed E-state index contributed by atoms with van der Waals surface area (Å²) in [6.45, 7) is 3.98. The highest BCUT2D eigenvalue weighted by Gasteiger charge is 2.59. The van der Waals surface area contributed by atoms with E-state index in [0.717, 1.165) is 27.0 Å². The molecule has 2 bridgehead atoms. The van der Waals surface area contributed by atoms with Crippen LogP contribution in [0.3, 0.4) is 0 Å². The quantitative estimate of drug-likeness (QED) is 0.687. The van der Waals surface area contributed by atoms with Crippen LogP contribution in [0, 0.1) is 12.8 Å². The Morgan fingerprint density at radius 2 is 2.04 bits per heavy atom. The van der Waals surface area contributed by atoms with Gasteiger partial charge in [-0.1, -0.05) is 39.7 Å². The van der Waals surface area contributed by atoms with Crippen molar-refractivity contribution in [1.82, 2.24) is 10.2 Å². The normalized spacial score (nSPS) is 25.5. The lowest BCUT2D eigenvalue weighted by Crippen LogP contribution is -2.72. The number of fused-ring (bicyclic) bond motifs is 4. The van der Waals surface area contributed by atoms with Crippen molar-refractivity contribution in [3.05, 3.63) is 58.1 Å². The molecular weight excluding hydrogens is 438 g/mol. The summed E-state index contributed by atoms with van der Waals surface area (Å²) in [5.74, 6) is 0.299. The number of ether oxygens (including phenoxy) is 1. The molecule has 2 aliphatic heterocycles. The summed E-state index contributed by atoms with van der Waals surface area (Å²) in [6.07, 6.45) is 0. The number of carbonyl (C=O) groups excluding carboxylic acids is 1. The number of hydrogen-bond acceptors (Lipinski definition) is 3. The average molecular weight is 460 g/mol. The van der Waals surface area contributed by atoms with Crippen molar-refractivity contribution in [1.29, 1.82) is 0 Å². The summed E-state index contributed by atoms with van der Waals surface area (Å²) in [4.78, 5) is 16.8. The van der Waals surface area contributed by atoms with Gasteiger partial charge in [-0.05, 0) is 50.3 Å². The lowest BCUT2D eigenvalue weighted by Gasteiger charge is -2.56. The van der Waals surface area contributed by atoms with Crippen LogP contribution >= 0.6 is 28.1 Å². The van der Waals surface area contributed by atoms with Crippen molar-refractivity contribution < 1.29 is 9.53 Å². The van der Waals surface area contributed by atoms with Crippen LogP contribution in [0.2, 0.25) is 0 Å². The third-order valence-electron chi connectivity index (χ3n) is 5.43. The Morgan fingerprint density at radius 3 is 2.71 bits per heavy atom. The van der Waals surface area contributed by atoms with E-state index in [9.17, 15) is 4.79 Å². The Labute approximate surface area is 178 Å². The molecule has 28 heavy (non-hydrogen) atoms. The number of hydrogen-bond donors (Lipinski definition) is 1. The van der Waals surface area contributed by atoms with Gasteiger partial charge in [-0.2, -0.15) is 0 Å². The molecule has 0 aliphatic carbocycles. The van der Waals surface area contributed by atoms with Crippen LogP contribution in [0.5, 0.6) is 5.75 Å². The van der Waals surface area contributed by atoms with E-state index < -0.39 is 11.6 Å².